The van der Waals surface area contributed by atoms with Crippen LogP contribution in [0.4, 0.5) is 4.39 Å². The van der Waals surface area contributed by atoms with Gasteiger partial charge in [0.25, 0.3) is 0 Å². The van der Waals surface area contributed by atoms with Crippen LogP contribution in [0.1, 0.15) is 16.8 Å². The third-order valence-corrected chi connectivity index (χ3v) is 6.21. The standard InChI is InChI=1S/C19H19ClFNO5S2/c1-28-11-10-17(22-29(25,26)16-8-4-14(20)5-9-16)19(24)27-12-18(23)13-2-6-15(21)7-3-13/h2-9,17,22H,10-12H2,1H3/t17-/m1/s1. The number of Topliss-reactive ketones (excluding diaryl/α,β-unsaturated/α-hetero) is 1. The Labute approximate surface area is 177 Å². The van der Waals surface area contributed by atoms with Gasteiger partial charge in [-0.05, 0) is 67.0 Å². The van der Waals surface area contributed by atoms with Gasteiger partial charge >= 0.3 is 5.97 Å². The van der Waals surface area contributed by atoms with Gasteiger partial charge in [0.05, 0.1) is 4.90 Å². The van der Waals surface area contributed by atoms with E-state index in [1.165, 1.54) is 48.2 Å². The molecule has 0 aliphatic heterocycles. The van der Waals surface area contributed by atoms with Crippen molar-refractivity contribution < 1.29 is 27.1 Å². The molecule has 10 heteroatoms. The first-order valence-corrected chi connectivity index (χ1v) is 11.7. The molecule has 6 nitrogen and oxygen atoms in total. The Morgan fingerprint density at radius 3 is 2.34 bits per heavy atom. The zero-order valence-electron chi connectivity index (χ0n) is 15.4. The molecule has 0 saturated heterocycles. The largest absolute Gasteiger partial charge is 0.456 e. The van der Waals surface area contributed by atoms with E-state index in [-0.39, 0.29) is 16.9 Å². The molecule has 0 heterocycles. The van der Waals surface area contributed by atoms with Gasteiger partial charge in [0.15, 0.2) is 12.4 Å². The third-order valence-electron chi connectivity index (χ3n) is 3.83. The first-order chi connectivity index (χ1) is 13.7. The fraction of sp³-hybridized carbons (Fsp3) is 0.263. The van der Waals surface area contributed by atoms with Crippen LogP contribution in [0, 0.1) is 5.82 Å². The molecular weight excluding hydrogens is 441 g/mol. The molecule has 2 rings (SSSR count). The van der Waals surface area contributed by atoms with Gasteiger partial charge in [0, 0.05) is 10.6 Å². The lowest BCUT2D eigenvalue weighted by Crippen LogP contribution is -2.42. The molecule has 0 spiro atoms. The molecule has 29 heavy (non-hydrogen) atoms. The van der Waals surface area contributed by atoms with Gasteiger partial charge in [-0.2, -0.15) is 16.5 Å². The van der Waals surface area contributed by atoms with Crippen molar-refractivity contribution in [1.82, 2.24) is 4.72 Å². The van der Waals surface area contributed by atoms with Gasteiger partial charge in [-0.3, -0.25) is 9.59 Å². The fourth-order valence-electron chi connectivity index (χ4n) is 2.29. The van der Waals surface area contributed by atoms with Crippen LogP contribution < -0.4 is 4.72 Å². The van der Waals surface area contributed by atoms with E-state index in [1.54, 1.807) is 0 Å². The molecule has 0 aliphatic carbocycles. The number of esters is 1. The quantitative estimate of drug-likeness (QED) is 0.433. The summed E-state index contributed by atoms with van der Waals surface area (Å²) in [6.07, 6.45) is 1.99. The molecule has 1 atom stereocenters. The van der Waals surface area contributed by atoms with Crippen LogP contribution >= 0.6 is 23.4 Å². The average Bonchev–Trinajstić information content (AvgIpc) is 2.69. The lowest BCUT2D eigenvalue weighted by atomic mass is 10.1. The zero-order chi connectivity index (χ0) is 21.4. The fourth-order valence-corrected chi connectivity index (χ4v) is 4.10. The molecule has 0 amide bonds. The number of carbonyl (C=O) groups excluding carboxylic acids is 2. The number of ether oxygens (including phenoxy) is 1. The molecule has 0 aromatic heterocycles. The third kappa shape index (κ3) is 7.11. The van der Waals surface area contributed by atoms with Gasteiger partial charge < -0.3 is 4.74 Å². The first-order valence-electron chi connectivity index (χ1n) is 8.45. The molecule has 0 fully saturated rings. The molecule has 0 aliphatic rings. The second kappa shape index (κ2) is 10.7. The van der Waals surface area contributed by atoms with Crippen LogP contribution in [0.25, 0.3) is 0 Å². The summed E-state index contributed by atoms with van der Waals surface area (Å²) in [5.41, 5.74) is 0.182. The Morgan fingerprint density at radius 1 is 1.14 bits per heavy atom. The SMILES string of the molecule is CSCC[C@@H](NS(=O)(=O)c1ccc(Cl)cc1)C(=O)OCC(=O)c1ccc(F)cc1. The van der Waals surface area contributed by atoms with Crippen LogP contribution in [0.3, 0.4) is 0 Å². The molecule has 0 saturated carbocycles. The average molecular weight is 460 g/mol. The summed E-state index contributed by atoms with van der Waals surface area (Å²) < 4.78 is 45.3. The van der Waals surface area contributed by atoms with Gasteiger partial charge in [0.1, 0.15) is 11.9 Å². The highest BCUT2D eigenvalue weighted by Gasteiger charge is 2.27. The number of thioether (sulfide) groups is 1. The molecule has 2 aromatic rings. The molecule has 0 radical (unpaired) electrons. The Morgan fingerprint density at radius 2 is 1.76 bits per heavy atom. The molecule has 1 N–H and O–H groups in total. The lowest BCUT2D eigenvalue weighted by molar-refractivity contribution is -0.144. The number of nitrogens with one attached hydrogen (secondary N) is 1. The minimum absolute atomic E-state index is 0.0498. The van der Waals surface area contributed by atoms with E-state index in [0.29, 0.717) is 10.8 Å². The first kappa shape index (κ1) is 23.3. The van der Waals surface area contributed by atoms with Crippen molar-refractivity contribution in [2.24, 2.45) is 0 Å². The Balaban J connectivity index is 2.06. The predicted octanol–water partition coefficient (Wildman–Crippen LogP) is 3.31. The van der Waals surface area contributed by atoms with Crippen LogP contribution in [-0.2, 0) is 19.6 Å². The second-order valence-electron chi connectivity index (χ2n) is 5.95. The van der Waals surface area contributed by atoms with Crippen molar-refractivity contribution in [3.8, 4) is 0 Å². The molecule has 156 valence electrons. The number of benzene rings is 2. The van der Waals surface area contributed by atoms with Crippen molar-refractivity contribution in [3.05, 3.63) is 64.9 Å². The number of sulfonamides is 1. The molecule has 0 unspecified atom stereocenters. The van der Waals surface area contributed by atoms with E-state index >= 15 is 0 Å². The number of hydrogen-bond acceptors (Lipinski definition) is 6. The van der Waals surface area contributed by atoms with E-state index in [4.69, 9.17) is 16.3 Å². The Bertz CT molecular complexity index is 950. The summed E-state index contributed by atoms with van der Waals surface area (Å²) in [6, 6.07) is 9.12. The normalized spacial score (nSPS) is 12.4. The van der Waals surface area contributed by atoms with Gasteiger partial charge in [0.2, 0.25) is 10.0 Å². The maximum Gasteiger partial charge on any atom is 0.324 e. The summed E-state index contributed by atoms with van der Waals surface area (Å²) in [6.45, 7) is -0.580. The maximum absolute atomic E-state index is 12.9. The number of carbonyl (C=O) groups is 2. The number of halogens is 2. The number of rotatable bonds is 10. The topological polar surface area (TPSA) is 89.5 Å². The zero-order valence-corrected chi connectivity index (χ0v) is 17.8. The number of ketones is 1. The predicted molar refractivity (Wildman–Crippen MR) is 110 cm³/mol. The van der Waals surface area contributed by atoms with E-state index < -0.39 is 40.2 Å². The van der Waals surface area contributed by atoms with Gasteiger partial charge in [-0.25, -0.2) is 12.8 Å². The number of hydrogen-bond donors (Lipinski definition) is 1. The Hall–Kier alpha value is -1.94. The van der Waals surface area contributed by atoms with Crippen LogP contribution in [0.15, 0.2) is 53.4 Å². The Kier molecular flexibility index (Phi) is 8.63. The van der Waals surface area contributed by atoms with E-state index in [9.17, 15) is 22.4 Å². The van der Waals surface area contributed by atoms with E-state index in [0.717, 1.165) is 12.1 Å². The van der Waals surface area contributed by atoms with Gasteiger partial charge in [-0.15, -0.1) is 0 Å². The van der Waals surface area contributed by atoms with Crippen molar-refractivity contribution in [1.29, 1.82) is 0 Å². The van der Waals surface area contributed by atoms with E-state index in [2.05, 4.69) is 4.72 Å². The summed E-state index contributed by atoms with van der Waals surface area (Å²) in [5.74, 6) is -1.39. The van der Waals surface area contributed by atoms with Gasteiger partial charge in [-0.1, -0.05) is 11.6 Å². The second-order valence-corrected chi connectivity index (χ2v) is 9.08. The minimum Gasteiger partial charge on any atom is -0.456 e. The van der Waals surface area contributed by atoms with Crippen molar-refractivity contribution in [3.63, 3.8) is 0 Å². The lowest BCUT2D eigenvalue weighted by Gasteiger charge is -2.17. The van der Waals surface area contributed by atoms with Crippen LogP contribution in [0.5, 0.6) is 0 Å². The highest BCUT2D eigenvalue weighted by atomic mass is 35.5. The summed E-state index contributed by atoms with van der Waals surface area (Å²) in [7, 11) is -3.99. The molecule has 2 aromatic carbocycles. The summed E-state index contributed by atoms with van der Waals surface area (Å²) in [4.78, 5) is 24.4. The summed E-state index contributed by atoms with van der Waals surface area (Å²) >= 11 is 7.20. The van der Waals surface area contributed by atoms with Crippen LogP contribution in [-0.4, -0.2) is 44.8 Å². The van der Waals surface area contributed by atoms with Crippen molar-refractivity contribution in [2.75, 3.05) is 18.6 Å². The minimum atomic E-state index is -3.99. The van der Waals surface area contributed by atoms with E-state index in [1.807, 2.05) is 6.26 Å². The summed E-state index contributed by atoms with van der Waals surface area (Å²) in [5, 5.41) is 0.376. The molecule has 0 bridgehead atoms. The smallest absolute Gasteiger partial charge is 0.324 e. The maximum atomic E-state index is 12.9. The highest BCUT2D eigenvalue weighted by molar-refractivity contribution is 7.98. The highest BCUT2D eigenvalue weighted by Crippen LogP contribution is 2.15. The molecular formula is C19H19ClFNO5S2. The van der Waals surface area contributed by atoms with Crippen molar-refractivity contribution in [2.45, 2.75) is 17.4 Å². The monoisotopic (exact) mass is 459 g/mol. The van der Waals surface area contributed by atoms with Crippen molar-refractivity contribution >= 4 is 45.1 Å². The van der Waals surface area contributed by atoms with Crippen LogP contribution in [0.2, 0.25) is 5.02 Å².